The zero-order valence-electron chi connectivity index (χ0n) is 9.13. The van der Waals surface area contributed by atoms with Crippen LogP contribution < -0.4 is 0 Å². The average molecular weight is 180 g/mol. The molecule has 0 radical (unpaired) electrons. The van der Waals surface area contributed by atoms with Crippen LogP contribution in [-0.2, 0) is 4.79 Å². The summed E-state index contributed by atoms with van der Waals surface area (Å²) in [6, 6.07) is 0. The van der Waals surface area contributed by atoms with E-state index < -0.39 is 0 Å². The second kappa shape index (κ2) is 6.64. The lowest BCUT2D eigenvalue weighted by atomic mass is 10.0. The number of hydrogen-bond donors (Lipinski definition) is 0. The van der Waals surface area contributed by atoms with Gasteiger partial charge in [-0.2, -0.15) is 0 Å². The summed E-state index contributed by atoms with van der Waals surface area (Å²) in [5.41, 5.74) is 1.24. The lowest BCUT2D eigenvalue weighted by Gasteiger charge is -2.03. The summed E-state index contributed by atoms with van der Waals surface area (Å²) in [6.45, 7) is 7.86. The maximum Gasteiger partial charge on any atom is 0.136 e. The highest BCUT2D eigenvalue weighted by Gasteiger charge is 2.05. The first-order valence-corrected chi connectivity index (χ1v) is 4.97. The predicted molar refractivity (Wildman–Crippen MR) is 57.7 cm³/mol. The molecule has 1 nitrogen and oxygen atoms in total. The van der Waals surface area contributed by atoms with Crippen LogP contribution in [-0.4, -0.2) is 5.78 Å². The molecule has 0 N–H and O–H groups in total. The Kier molecular flexibility index (Phi) is 6.21. The summed E-state index contributed by atoms with van der Waals surface area (Å²) in [6.07, 6.45) is 8.14. The summed E-state index contributed by atoms with van der Waals surface area (Å²) < 4.78 is 0. The number of rotatable bonds is 5. The minimum Gasteiger partial charge on any atom is -0.299 e. The summed E-state index contributed by atoms with van der Waals surface area (Å²) in [5.74, 6) is 0.350. The van der Waals surface area contributed by atoms with E-state index in [0.29, 0.717) is 0 Å². The Balaban J connectivity index is 4.22. The Morgan fingerprint density at radius 2 is 1.92 bits per heavy atom. The Morgan fingerprint density at radius 1 is 1.31 bits per heavy atom. The summed E-state index contributed by atoms with van der Waals surface area (Å²) in [5, 5.41) is 0. The number of carbonyl (C=O) groups excluding carboxylic acids is 1. The van der Waals surface area contributed by atoms with Crippen LogP contribution in [0, 0.1) is 5.92 Å². The van der Waals surface area contributed by atoms with Gasteiger partial charge in [-0.1, -0.05) is 37.6 Å². The van der Waals surface area contributed by atoms with Crippen molar-refractivity contribution >= 4 is 5.78 Å². The normalized spacial score (nSPS) is 14.9. The van der Waals surface area contributed by atoms with E-state index in [1.807, 2.05) is 19.1 Å². The van der Waals surface area contributed by atoms with Gasteiger partial charge in [-0.05, 0) is 26.7 Å². The molecule has 13 heavy (non-hydrogen) atoms. The first-order chi connectivity index (χ1) is 6.11. The third kappa shape index (κ3) is 5.40. The third-order valence-corrected chi connectivity index (χ3v) is 2.08. The molecule has 0 amide bonds. The second-order valence-corrected chi connectivity index (χ2v) is 3.34. The lowest BCUT2D eigenvalue weighted by Crippen LogP contribution is -2.05. The van der Waals surface area contributed by atoms with Gasteiger partial charge in [0, 0.05) is 5.92 Å². The summed E-state index contributed by atoms with van der Waals surface area (Å²) in [7, 11) is 0. The minimum atomic E-state index is 0.0974. The Bertz CT molecular complexity index is 211. The second-order valence-electron chi connectivity index (χ2n) is 3.34. The van der Waals surface area contributed by atoms with Crippen molar-refractivity contribution in [2.75, 3.05) is 0 Å². The summed E-state index contributed by atoms with van der Waals surface area (Å²) >= 11 is 0. The lowest BCUT2D eigenvalue weighted by molar-refractivity contribution is -0.119. The number of allylic oxidation sites excluding steroid dienone is 4. The molecule has 0 saturated carbocycles. The third-order valence-electron chi connectivity index (χ3n) is 2.08. The zero-order chi connectivity index (χ0) is 10.3. The largest absolute Gasteiger partial charge is 0.299 e. The highest BCUT2D eigenvalue weighted by atomic mass is 16.1. The van der Waals surface area contributed by atoms with Crippen LogP contribution in [0.4, 0.5) is 0 Å². The van der Waals surface area contributed by atoms with E-state index in [9.17, 15) is 4.79 Å². The fraction of sp³-hybridized carbons (Fsp3) is 0.583. The first kappa shape index (κ1) is 12.2. The van der Waals surface area contributed by atoms with E-state index in [1.165, 1.54) is 5.57 Å². The quantitative estimate of drug-likeness (QED) is 0.592. The molecule has 0 rings (SSSR count). The first-order valence-electron chi connectivity index (χ1n) is 4.97. The molecule has 0 fully saturated rings. The molecule has 0 aromatic heterocycles. The topological polar surface area (TPSA) is 17.1 Å². The SMILES string of the molecule is CC/C=C(C)\C=C/C(CC)C(C)=O. The monoisotopic (exact) mass is 180 g/mol. The summed E-state index contributed by atoms with van der Waals surface area (Å²) in [4.78, 5) is 11.1. The molecule has 0 aromatic carbocycles. The van der Waals surface area contributed by atoms with Crippen molar-refractivity contribution in [1.82, 2.24) is 0 Å². The molecule has 0 bridgehead atoms. The number of Topliss-reactive ketones (excluding diaryl/α,β-unsaturated/α-hetero) is 1. The van der Waals surface area contributed by atoms with Crippen LogP contribution in [0.3, 0.4) is 0 Å². The predicted octanol–water partition coefficient (Wildman–Crippen LogP) is 3.51. The molecule has 1 unspecified atom stereocenters. The van der Waals surface area contributed by atoms with E-state index in [4.69, 9.17) is 0 Å². The molecule has 0 aromatic rings. The molecule has 1 atom stereocenters. The van der Waals surface area contributed by atoms with Gasteiger partial charge in [-0.25, -0.2) is 0 Å². The molecule has 0 aliphatic carbocycles. The van der Waals surface area contributed by atoms with Crippen LogP contribution in [0.5, 0.6) is 0 Å². The smallest absolute Gasteiger partial charge is 0.136 e. The van der Waals surface area contributed by atoms with Crippen molar-refractivity contribution in [3.63, 3.8) is 0 Å². The van der Waals surface area contributed by atoms with Crippen LogP contribution >= 0.6 is 0 Å². The van der Waals surface area contributed by atoms with E-state index in [-0.39, 0.29) is 11.7 Å². The fourth-order valence-electron chi connectivity index (χ4n) is 1.22. The van der Waals surface area contributed by atoms with Crippen molar-refractivity contribution in [3.8, 4) is 0 Å². The molecule has 74 valence electrons. The van der Waals surface area contributed by atoms with Gasteiger partial charge >= 0.3 is 0 Å². The standard InChI is InChI=1S/C12H20O/c1-5-7-10(3)8-9-12(6-2)11(4)13/h7-9,12H,5-6H2,1-4H3/b9-8-,10-7-. The van der Waals surface area contributed by atoms with Crippen LogP contribution in [0.15, 0.2) is 23.8 Å². The Hall–Kier alpha value is -0.850. The van der Waals surface area contributed by atoms with Gasteiger partial charge in [-0.15, -0.1) is 0 Å². The van der Waals surface area contributed by atoms with Crippen molar-refractivity contribution in [2.45, 2.75) is 40.5 Å². The number of ketones is 1. The molecule has 0 aliphatic heterocycles. The van der Waals surface area contributed by atoms with Gasteiger partial charge in [0.1, 0.15) is 5.78 Å². The van der Waals surface area contributed by atoms with Gasteiger partial charge in [0.15, 0.2) is 0 Å². The van der Waals surface area contributed by atoms with Crippen molar-refractivity contribution in [3.05, 3.63) is 23.8 Å². The highest BCUT2D eigenvalue weighted by molar-refractivity contribution is 5.80. The Morgan fingerprint density at radius 3 is 2.31 bits per heavy atom. The van der Waals surface area contributed by atoms with Crippen molar-refractivity contribution in [1.29, 1.82) is 0 Å². The van der Waals surface area contributed by atoms with Gasteiger partial charge in [0.2, 0.25) is 0 Å². The molecule has 0 aliphatic rings. The Labute approximate surface area is 81.5 Å². The maximum absolute atomic E-state index is 11.1. The van der Waals surface area contributed by atoms with Gasteiger partial charge in [0.05, 0.1) is 0 Å². The fourth-order valence-corrected chi connectivity index (χ4v) is 1.22. The van der Waals surface area contributed by atoms with Gasteiger partial charge in [0.25, 0.3) is 0 Å². The van der Waals surface area contributed by atoms with Crippen molar-refractivity contribution < 1.29 is 4.79 Å². The van der Waals surface area contributed by atoms with E-state index in [2.05, 4.69) is 19.9 Å². The molecule has 0 spiro atoms. The average Bonchev–Trinajstić information content (AvgIpc) is 2.05. The van der Waals surface area contributed by atoms with Crippen LogP contribution in [0.1, 0.15) is 40.5 Å². The van der Waals surface area contributed by atoms with Crippen LogP contribution in [0.25, 0.3) is 0 Å². The van der Waals surface area contributed by atoms with E-state index in [0.717, 1.165) is 12.8 Å². The van der Waals surface area contributed by atoms with E-state index >= 15 is 0 Å². The molecule has 0 saturated heterocycles. The number of carbonyl (C=O) groups is 1. The maximum atomic E-state index is 11.1. The minimum absolute atomic E-state index is 0.0974. The number of hydrogen-bond acceptors (Lipinski definition) is 1. The highest BCUT2D eigenvalue weighted by Crippen LogP contribution is 2.08. The molecule has 0 heterocycles. The zero-order valence-corrected chi connectivity index (χ0v) is 9.13. The molecular formula is C12H20O. The molecular weight excluding hydrogens is 160 g/mol. The van der Waals surface area contributed by atoms with Gasteiger partial charge in [-0.3, -0.25) is 4.79 Å². The van der Waals surface area contributed by atoms with Gasteiger partial charge < -0.3 is 0 Å². The van der Waals surface area contributed by atoms with Crippen LogP contribution in [0.2, 0.25) is 0 Å². The molecule has 1 heteroatoms. The van der Waals surface area contributed by atoms with E-state index in [1.54, 1.807) is 6.92 Å². The van der Waals surface area contributed by atoms with Crippen molar-refractivity contribution in [2.24, 2.45) is 5.92 Å².